The average Bonchev–Trinajstić information content (AvgIpc) is 3.03. The highest BCUT2D eigenvalue weighted by Crippen LogP contribution is 2.30. The van der Waals surface area contributed by atoms with Crippen molar-refractivity contribution in [3.8, 4) is 0 Å². The van der Waals surface area contributed by atoms with Crippen LogP contribution in [0.5, 0.6) is 0 Å². The molecule has 2 N–H and O–H groups in total. The maximum atomic E-state index is 13.1. The van der Waals surface area contributed by atoms with Gasteiger partial charge in [0.05, 0.1) is 5.02 Å². The fourth-order valence-corrected chi connectivity index (χ4v) is 6.69. The molecule has 1 amide bonds. The second-order valence-electron chi connectivity index (χ2n) is 12.4. The summed E-state index contributed by atoms with van der Waals surface area (Å²) >= 11 is 6.32. The number of benzene rings is 3. The molecule has 5 nitrogen and oxygen atoms in total. The highest BCUT2D eigenvalue weighted by atomic mass is 35.5. The van der Waals surface area contributed by atoms with Gasteiger partial charge >= 0.3 is 0 Å². The van der Waals surface area contributed by atoms with Crippen LogP contribution in [0.15, 0.2) is 60.7 Å². The highest BCUT2D eigenvalue weighted by Gasteiger charge is 2.23. The number of carbonyl (C=O) groups is 2. The minimum Gasteiger partial charge on any atom is -0.326 e. The molecule has 0 aromatic heterocycles. The first-order valence-electron chi connectivity index (χ1n) is 15.9. The number of hydrogen-bond donors (Lipinski definition) is 2. The lowest BCUT2D eigenvalue weighted by atomic mass is 9.90. The van der Waals surface area contributed by atoms with Crippen LogP contribution in [0.1, 0.15) is 65.6 Å². The van der Waals surface area contributed by atoms with Crippen LogP contribution in [0.3, 0.4) is 0 Å². The van der Waals surface area contributed by atoms with Crippen LogP contribution >= 0.6 is 11.6 Å². The first-order valence-corrected chi connectivity index (χ1v) is 16.3. The topological polar surface area (TPSA) is 61.4 Å². The van der Waals surface area contributed by atoms with E-state index in [4.69, 9.17) is 11.6 Å². The zero-order valence-corrected chi connectivity index (χ0v) is 26.0. The summed E-state index contributed by atoms with van der Waals surface area (Å²) in [4.78, 5) is 26.6. The second kappa shape index (κ2) is 15.7. The molecule has 3 aromatic carbocycles. The third-order valence-electron chi connectivity index (χ3n) is 9.09. The number of Topliss-reactive ketones (excluding diaryl/α,β-unsaturated/α-hetero) is 1. The van der Waals surface area contributed by atoms with E-state index >= 15 is 0 Å². The van der Waals surface area contributed by atoms with Gasteiger partial charge in [0.1, 0.15) is 11.6 Å². The van der Waals surface area contributed by atoms with Gasteiger partial charge in [-0.15, -0.1) is 0 Å². The number of aryl methyl sites for hydroxylation is 1. The quantitative estimate of drug-likeness (QED) is 0.260. The second-order valence-corrected chi connectivity index (χ2v) is 12.8. The molecule has 3 aliphatic rings. The summed E-state index contributed by atoms with van der Waals surface area (Å²) in [5.74, 6) is 1.09. The Morgan fingerprint density at radius 1 is 0.818 bits per heavy atom. The number of rotatable bonds is 8. The third-order valence-corrected chi connectivity index (χ3v) is 9.40. The van der Waals surface area contributed by atoms with Gasteiger partial charge in [-0.2, -0.15) is 0 Å². The van der Waals surface area contributed by atoms with Crippen molar-refractivity contribution >= 4 is 29.0 Å². The van der Waals surface area contributed by atoms with E-state index in [1.54, 1.807) is 18.2 Å². The molecular formula is C36H42ClF2N3O2. The lowest BCUT2D eigenvalue weighted by Gasteiger charge is -2.32. The number of fused-ring (bicyclic) bond motifs is 1. The number of halogens is 3. The summed E-state index contributed by atoms with van der Waals surface area (Å²) in [6, 6.07) is 17.2. The standard InChI is InChI=1S/C24H26ClFN2O2.C12H16FN/c25-21-15-22-18(3-6-24(30)27-22)14-20(21)23(29)9-12-28-10-7-17(8-11-28)13-16-1-4-19(26)5-2-16;13-12-3-1-10(2-4-12)9-11-5-7-14-8-6-11/h1-2,4-5,14-15,17H,3,6-13H2,(H,27,30);1-4,11,14H,5-9H2. The van der Waals surface area contributed by atoms with Crippen molar-refractivity contribution in [3.05, 3.63) is 99.6 Å². The van der Waals surface area contributed by atoms with Crippen molar-refractivity contribution in [2.24, 2.45) is 11.8 Å². The molecule has 2 saturated heterocycles. The molecule has 3 heterocycles. The molecule has 3 aromatic rings. The van der Waals surface area contributed by atoms with Gasteiger partial charge in [-0.05, 0) is 136 Å². The predicted molar refractivity (Wildman–Crippen MR) is 172 cm³/mol. The molecule has 0 unspecified atom stereocenters. The van der Waals surface area contributed by atoms with Gasteiger partial charge in [0.15, 0.2) is 5.78 Å². The summed E-state index contributed by atoms with van der Waals surface area (Å²) < 4.78 is 25.7. The summed E-state index contributed by atoms with van der Waals surface area (Å²) in [7, 11) is 0. The Morgan fingerprint density at radius 3 is 1.98 bits per heavy atom. The smallest absolute Gasteiger partial charge is 0.224 e. The SMILES string of the molecule is Fc1ccc(CC2CCNCC2)cc1.O=C1CCc2cc(C(=O)CCN3CCC(Cc4ccc(F)cc4)CC3)c(Cl)cc2N1. The minimum atomic E-state index is -0.193. The monoisotopic (exact) mass is 621 g/mol. The average molecular weight is 622 g/mol. The molecule has 0 spiro atoms. The number of nitrogens with zero attached hydrogens (tertiary/aromatic N) is 1. The number of hydrogen-bond acceptors (Lipinski definition) is 4. The Hall–Kier alpha value is -3.13. The number of amides is 1. The molecule has 0 bridgehead atoms. The fraction of sp³-hybridized carbons (Fsp3) is 0.444. The van der Waals surface area contributed by atoms with Crippen LogP contribution in [-0.2, 0) is 24.1 Å². The van der Waals surface area contributed by atoms with Crippen molar-refractivity contribution in [2.75, 3.05) is 38.0 Å². The number of nitrogens with one attached hydrogen (secondary N) is 2. The van der Waals surface area contributed by atoms with E-state index in [0.717, 1.165) is 75.6 Å². The summed E-state index contributed by atoms with van der Waals surface area (Å²) in [5, 5.41) is 6.56. The molecule has 0 radical (unpaired) electrons. The number of piperidine rings is 2. The highest BCUT2D eigenvalue weighted by molar-refractivity contribution is 6.34. The van der Waals surface area contributed by atoms with E-state index in [-0.39, 0.29) is 23.3 Å². The molecule has 0 atom stereocenters. The lowest BCUT2D eigenvalue weighted by Crippen LogP contribution is -2.35. The van der Waals surface area contributed by atoms with Crippen molar-refractivity contribution in [3.63, 3.8) is 0 Å². The van der Waals surface area contributed by atoms with Crippen molar-refractivity contribution < 1.29 is 18.4 Å². The minimum absolute atomic E-state index is 0.0135. The lowest BCUT2D eigenvalue weighted by molar-refractivity contribution is -0.116. The van der Waals surface area contributed by atoms with Gasteiger partial charge < -0.3 is 15.5 Å². The molecule has 0 saturated carbocycles. The molecule has 234 valence electrons. The molecule has 3 aliphatic heterocycles. The van der Waals surface area contributed by atoms with E-state index in [0.29, 0.717) is 35.8 Å². The maximum absolute atomic E-state index is 13.1. The zero-order chi connectivity index (χ0) is 30.9. The third kappa shape index (κ3) is 9.43. The van der Waals surface area contributed by atoms with Crippen molar-refractivity contribution in [2.45, 2.75) is 57.8 Å². The largest absolute Gasteiger partial charge is 0.326 e. The van der Waals surface area contributed by atoms with Crippen LogP contribution in [-0.4, -0.2) is 49.3 Å². The molecule has 44 heavy (non-hydrogen) atoms. The van der Waals surface area contributed by atoms with Gasteiger partial charge in [0.25, 0.3) is 0 Å². The number of carbonyl (C=O) groups excluding carboxylic acids is 2. The van der Waals surface area contributed by atoms with Crippen LogP contribution in [0.2, 0.25) is 5.02 Å². The summed E-state index contributed by atoms with van der Waals surface area (Å²) in [5.41, 5.74) is 4.69. The Morgan fingerprint density at radius 2 is 1.39 bits per heavy atom. The van der Waals surface area contributed by atoms with E-state index in [1.165, 1.54) is 36.1 Å². The first-order chi connectivity index (χ1) is 21.3. The van der Waals surface area contributed by atoms with Crippen LogP contribution < -0.4 is 10.6 Å². The Kier molecular flexibility index (Phi) is 11.5. The molecular weight excluding hydrogens is 580 g/mol. The predicted octanol–water partition coefficient (Wildman–Crippen LogP) is 7.26. The maximum Gasteiger partial charge on any atom is 0.224 e. The summed E-state index contributed by atoms with van der Waals surface area (Å²) in [6.07, 6.45) is 8.27. The number of ketones is 1. The van der Waals surface area contributed by atoms with Gasteiger partial charge in [-0.1, -0.05) is 35.9 Å². The normalized spacial score (nSPS) is 17.8. The van der Waals surface area contributed by atoms with Crippen LogP contribution in [0, 0.1) is 23.5 Å². The summed E-state index contributed by atoms with van der Waals surface area (Å²) in [6.45, 7) is 4.94. The van der Waals surface area contributed by atoms with Crippen molar-refractivity contribution in [1.82, 2.24) is 10.2 Å². The van der Waals surface area contributed by atoms with Gasteiger partial charge in [-0.3, -0.25) is 9.59 Å². The Balaban J connectivity index is 0.000000229. The van der Waals surface area contributed by atoms with Crippen LogP contribution in [0.4, 0.5) is 14.5 Å². The van der Waals surface area contributed by atoms with Gasteiger partial charge in [0, 0.05) is 30.6 Å². The van der Waals surface area contributed by atoms with Crippen molar-refractivity contribution in [1.29, 1.82) is 0 Å². The number of anilines is 1. The fourth-order valence-electron chi connectivity index (χ4n) is 6.42. The van der Waals surface area contributed by atoms with E-state index in [9.17, 15) is 18.4 Å². The number of likely N-dealkylation sites (tertiary alicyclic amines) is 1. The van der Waals surface area contributed by atoms with Gasteiger partial charge in [0.2, 0.25) is 5.91 Å². The first kappa shape index (κ1) is 32.3. The molecule has 6 rings (SSSR count). The Labute approximate surface area is 264 Å². The van der Waals surface area contributed by atoms with Gasteiger partial charge in [-0.25, -0.2) is 8.78 Å². The van der Waals surface area contributed by atoms with E-state index < -0.39 is 0 Å². The molecule has 2 fully saturated rings. The molecule has 0 aliphatic carbocycles. The van der Waals surface area contributed by atoms with E-state index in [2.05, 4.69) is 15.5 Å². The molecule has 8 heteroatoms. The van der Waals surface area contributed by atoms with Crippen LogP contribution in [0.25, 0.3) is 0 Å². The van der Waals surface area contributed by atoms with E-state index in [1.807, 2.05) is 30.3 Å². The Bertz CT molecular complexity index is 1400. The zero-order valence-electron chi connectivity index (χ0n) is 25.2.